The number of nitrogens with zero attached hydrogens (tertiary/aromatic N) is 6. The molecular formula is C26H31ClN8O4. The van der Waals surface area contributed by atoms with Gasteiger partial charge in [0.2, 0.25) is 0 Å². The molecule has 0 aliphatic carbocycles. The van der Waals surface area contributed by atoms with E-state index in [2.05, 4.69) is 37.6 Å². The molecule has 0 spiro atoms. The van der Waals surface area contributed by atoms with E-state index in [0.29, 0.717) is 48.8 Å². The number of aromatic nitrogens is 3. The third kappa shape index (κ3) is 5.54. The van der Waals surface area contributed by atoms with E-state index in [0.717, 1.165) is 42.9 Å². The van der Waals surface area contributed by atoms with Gasteiger partial charge in [0.05, 0.1) is 46.1 Å². The van der Waals surface area contributed by atoms with Crippen LogP contribution in [0.15, 0.2) is 24.4 Å². The molecule has 0 unspecified atom stereocenters. The smallest absolute Gasteiger partial charge is 0.326 e. The third-order valence-corrected chi connectivity index (χ3v) is 7.36. The number of fused-ring (bicyclic) bond motifs is 1. The monoisotopic (exact) mass is 554 g/mol. The molecule has 4 heterocycles. The summed E-state index contributed by atoms with van der Waals surface area (Å²) in [5, 5.41) is 10.5. The maximum atomic E-state index is 13.4. The van der Waals surface area contributed by atoms with E-state index in [4.69, 9.17) is 16.3 Å². The highest BCUT2D eigenvalue weighted by atomic mass is 35.5. The van der Waals surface area contributed by atoms with Crippen LogP contribution in [0.5, 0.6) is 0 Å². The number of ether oxygens (including phenoxy) is 1. The Hall–Kier alpha value is -3.74. The molecule has 13 heteroatoms. The molecule has 2 aliphatic rings. The Bertz CT molecular complexity index is 1430. The van der Waals surface area contributed by atoms with Crippen LogP contribution in [0.25, 0.3) is 11.0 Å². The predicted octanol–water partition coefficient (Wildman–Crippen LogP) is 2.12. The maximum absolute atomic E-state index is 13.4. The largest absolute Gasteiger partial charge is 0.378 e. The number of morpholine rings is 1. The average Bonchev–Trinajstić information content (AvgIpc) is 3.22. The van der Waals surface area contributed by atoms with Gasteiger partial charge in [-0.05, 0) is 32.2 Å². The highest BCUT2D eigenvalue weighted by molar-refractivity contribution is 6.34. The summed E-state index contributed by atoms with van der Waals surface area (Å²) in [7, 11) is 3.87. The lowest BCUT2D eigenvalue weighted by molar-refractivity contribution is 0.0303. The second kappa shape index (κ2) is 11.2. The number of piperazine rings is 1. The Labute approximate surface area is 230 Å². The number of rotatable bonds is 4. The maximum Gasteiger partial charge on any atom is 0.326 e. The zero-order valence-electron chi connectivity index (χ0n) is 22.2. The van der Waals surface area contributed by atoms with E-state index in [9.17, 15) is 14.4 Å². The molecule has 5 rings (SSSR count). The number of urea groups is 1. The number of carbonyl (C=O) groups is 3. The van der Waals surface area contributed by atoms with Crippen molar-refractivity contribution in [2.24, 2.45) is 7.05 Å². The summed E-state index contributed by atoms with van der Waals surface area (Å²) in [4.78, 5) is 49.5. The van der Waals surface area contributed by atoms with Crippen LogP contribution in [-0.4, -0.2) is 102 Å². The lowest BCUT2D eigenvalue weighted by Gasteiger charge is -2.35. The number of carbonyl (C=O) groups excluding carboxylic acids is 3. The summed E-state index contributed by atoms with van der Waals surface area (Å²) in [5.74, 6) is -0.774. The molecule has 4 amide bonds. The Kier molecular flexibility index (Phi) is 7.69. The van der Waals surface area contributed by atoms with Crippen molar-refractivity contribution in [1.82, 2.24) is 29.9 Å². The Morgan fingerprint density at radius 2 is 1.72 bits per heavy atom. The minimum atomic E-state index is -0.726. The minimum absolute atomic E-state index is 0.195. The standard InChI is InChI=1S/C26H31ClN8O4/c1-16-21-22(34-8-6-32(2)7-9-34)19(15-28-23(21)33(3)31-16)24(36)30-26(38)29-17-4-5-18(20(27)14-17)25(37)35-10-12-39-13-11-35/h4-5,14-15H,6-13H2,1-3H3,(H2,29,30,36,38). The van der Waals surface area contributed by atoms with Gasteiger partial charge < -0.3 is 24.8 Å². The van der Waals surface area contributed by atoms with Crippen molar-refractivity contribution in [1.29, 1.82) is 0 Å². The molecule has 2 N–H and O–H groups in total. The van der Waals surface area contributed by atoms with Crippen LogP contribution in [0.4, 0.5) is 16.2 Å². The van der Waals surface area contributed by atoms with Gasteiger partial charge in [-0.15, -0.1) is 0 Å². The van der Waals surface area contributed by atoms with Crippen molar-refractivity contribution in [3.05, 3.63) is 46.2 Å². The number of hydrogen-bond acceptors (Lipinski definition) is 8. The zero-order chi connectivity index (χ0) is 27.7. The Balaban J connectivity index is 1.33. The minimum Gasteiger partial charge on any atom is -0.378 e. The number of benzene rings is 1. The van der Waals surface area contributed by atoms with Crippen LogP contribution in [0.3, 0.4) is 0 Å². The molecule has 2 fully saturated rings. The fourth-order valence-electron chi connectivity index (χ4n) is 4.95. The molecule has 3 aromatic rings. The molecule has 1 aromatic carbocycles. The normalized spacial score (nSPS) is 16.4. The number of anilines is 2. The fourth-order valence-corrected chi connectivity index (χ4v) is 5.21. The number of hydrogen-bond donors (Lipinski definition) is 2. The second-order valence-corrected chi connectivity index (χ2v) is 10.1. The number of halogens is 1. The summed E-state index contributed by atoms with van der Waals surface area (Å²) in [6, 6.07) is 3.90. The summed E-state index contributed by atoms with van der Waals surface area (Å²) in [6.45, 7) is 6.98. The highest BCUT2D eigenvalue weighted by Gasteiger charge is 2.27. The van der Waals surface area contributed by atoms with Gasteiger partial charge in [-0.3, -0.25) is 19.6 Å². The van der Waals surface area contributed by atoms with Crippen molar-refractivity contribution >= 4 is 51.9 Å². The SMILES string of the molecule is Cc1nn(C)c2ncc(C(=O)NC(=O)Nc3ccc(C(=O)N4CCOCC4)c(Cl)c3)c(N3CCN(C)CC3)c12. The number of amides is 4. The van der Waals surface area contributed by atoms with Crippen LogP contribution in [-0.2, 0) is 11.8 Å². The van der Waals surface area contributed by atoms with E-state index in [-0.39, 0.29) is 10.9 Å². The van der Waals surface area contributed by atoms with Gasteiger partial charge in [0, 0.05) is 58.2 Å². The lowest BCUT2D eigenvalue weighted by Crippen LogP contribution is -2.45. The van der Waals surface area contributed by atoms with Crippen molar-refractivity contribution < 1.29 is 19.1 Å². The highest BCUT2D eigenvalue weighted by Crippen LogP contribution is 2.32. The molecule has 2 aromatic heterocycles. The summed E-state index contributed by atoms with van der Waals surface area (Å²) in [6.07, 6.45) is 1.49. The van der Waals surface area contributed by atoms with E-state index in [1.807, 2.05) is 14.0 Å². The van der Waals surface area contributed by atoms with Gasteiger partial charge in [0.1, 0.15) is 0 Å². The van der Waals surface area contributed by atoms with Crippen molar-refractivity contribution in [3.8, 4) is 0 Å². The molecule has 0 bridgehead atoms. The molecule has 0 atom stereocenters. The first-order chi connectivity index (χ1) is 18.7. The topological polar surface area (TPSA) is 125 Å². The van der Waals surface area contributed by atoms with Crippen LogP contribution >= 0.6 is 11.6 Å². The second-order valence-electron chi connectivity index (χ2n) is 9.73. The lowest BCUT2D eigenvalue weighted by atomic mass is 10.1. The van der Waals surface area contributed by atoms with E-state index in [1.54, 1.807) is 21.7 Å². The van der Waals surface area contributed by atoms with Gasteiger partial charge in [-0.1, -0.05) is 11.6 Å². The van der Waals surface area contributed by atoms with E-state index in [1.165, 1.54) is 12.3 Å². The molecule has 0 radical (unpaired) electrons. The number of imide groups is 1. The number of likely N-dealkylation sites (N-methyl/N-ethyl adjacent to an activating group) is 1. The fraction of sp³-hybridized carbons (Fsp3) is 0.423. The first kappa shape index (κ1) is 26.9. The van der Waals surface area contributed by atoms with Gasteiger partial charge in [0.25, 0.3) is 11.8 Å². The average molecular weight is 555 g/mol. The van der Waals surface area contributed by atoms with E-state index < -0.39 is 11.9 Å². The van der Waals surface area contributed by atoms with Gasteiger partial charge in [-0.25, -0.2) is 9.78 Å². The molecule has 39 heavy (non-hydrogen) atoms. The molecule has 2 saturated heterocycles. The first-order valence-corrected chi connectivity index (χ1v) is 13.2. The predicted molar refractivity (Wildman–Crippen MR) is 148 cm³/mol. The third-order valence-electron chi connectivity index (χ3n) is 7.05. The molecule has 2 aliphatic heterocycles. The van der Waals surface area contributed by atoms with Crippen molar-refractivity contribution in [3.63, 3.8) is 0 Å². The summed E-state index contributed by atoms with van der Waals surface area (Å²) < 4.78 is 6.99. The van der Waals surface area contributed by atoms with Crippen LogP contribution < -0.4 is 15.5 Å². The van der Waals surface area contributed by atoms with Crippen LogP contribution in [0.1, 0.15) is 26.4 Å². The molecular weight excluding hydrogens is 524 g/mol. The first-order valence-electron chi connectivity index (χ1n) is 12.8. The van der Waals surface area contributed by atoms with Crippen molar-refractivity contribution in [2.75, 3.05) is 69.7 Å². The Morgan fingerprint density at radius 1 is 1.00 bits per heavy atom. The van der Waals surface area contributed by atoms with Crippen LogP contribution in [0, 0.1) is 6.92 Å². The Morgan fingerprint density at radius 3 is 2.41 bits per heavy atom. The number of aryl methyl sites for hydroxylation is 2. The summed E-state index contributed by atoms with van der Waals surface area (Å²) >= 11 is 6.38. The van der Waals surface area contributed by atoms with Crippen molar-refractivity contribution in [2.45, 2.75) is 6.92 Å². The molecule has 206 valence electrons. The number of pyridine rings is 1. The molecule has 12 nitrogen and oxygen atoms in total. The van der Waals surface area contributed by atoms with Gasteiger partial charge in [-0.2, -0.15) is 5.10 Å². The zero-order valence-corrected chi connectivity index (χ0v) is 22.9. The quantitative estimate of drug-likeness (QED) is 0.502. The number of nitrogens with one attached hydrogen (secondary N) is 2. The van der Waals surface area contributed by atoms with Gasteiger partial charge >= 0.3 is 6.03 Å². The summed E-state index contributed by atoms with van der Waals surface area (Å²) in [5.41, 5.74) is 3.13. The van der Waals surface area contributed by atoms with Gasteiger partial charge in [0.15, 0.2) is 5.65 Å². The van der Waals surface area contributed by atoms with Crippen LogP contribution in [0.2, 0.25) is 5.02 Å². The van der Waals surface area contributed by atoms with E-state index >= 15 is 0 Å². The molecule has 0 saturated carbocycles.